The molecule has 10 nitrogen and oxygen atoms in total. The van der Waals surface area contributed by atoms with Crippen molar-refractivity contribution in [3.63, 3.8) is 0 Å². The van der Waals surface area contributed by atoms with E-state index in [1.54, 1.807) is 24.3 Å². The molecule has 1 heterocycles. The van der Waals surface area contributed by atoms with Gasteiger partial charge in [0, 0.05) is 58.1 Å². The number of ether oxygens (including phenoxy) is 2. The molecule has 0 saturated carbocycles. The second kappa shape index (κ2) is 17.0. The lowest BCUT2D eigenvalue weighted by Crippen LogP contribution is -2.54. The Hall–Kier alpha value is -5.45. The van der Waals surface area contributed by atoms with E-state index in [1.807, 2.05) is 84.9 Å². The van der Waals surface area contributed by atoms with Gasteiger partial charge in [-0.25, -0.2) is 10.4 Å². The van der Waals surface area contributed by atoms with Crippen LogP contribution in [0.2, 0.25) is 0 Å². The number of benzene rings is 5. The summed E-state index contributed by atoms with van der Waals surface area (Å²) in [5, 5.41) is 13.1. The van der Waals surface area contributed by atoms with Gasteiger partial charge in [-0.3, -0.25) is 10.2 Å². The highest BCUT2D eigenvalue weighted by atomic mass is 79.9. The molecule has 0 saturated heterocycles. The molecule has 6 rings (SSSR count). The van der Waals surface area contributed by atoms with Crippen LogP contribution in [-0.2, 0) is 16.0 Å². The molecule has 1 aliphatic heterocycles. The molecule has 1 amide bonds. The Morgan fingerprint density at radius 2 is 1.57 bits per heavy atom. The van der Waals surface area contributed by atoms with Crippen molar-refractivity contribution in [3.8, 4) is 5.75 Å². The molecule has 3 N–H and O–H groups in total. The average molecular weight is 746 g/mol. The highest BCUT2D eigenvalue weighted by Gasteiger charge is 2.54. The Balaban J connectivity index is 1.39. The first-order valence-electron chi connectivity index (χ1n) is 16.6. The number of hydrogen-bond acceptors (Lipinski definition) is 7. The number of hydrogen-bond donors (Lipinski definition) is 3. The van der Waals surface area contributed by atoms with Gasteiger partial charge in [0.2, 0.25) is 5.90 Å². The number of halogens is 1. The number of carbonyl (C=O) groups excluding carboxylic acids is 1. The van der Waals surface area contributed by atoms with Gasteiger partial charge in [-0.1, -0.05) is 124 Å². The molecule has 0 bridgehead atoms. The summed E-state index contributed by atoms with van der Waals surface area (Å²) in [5.41, 5.74) is 18.7. The largest absolute Gasteiger partial charge is 0.494 e. The lowest BCUT2D eigenvalue weighted by atomic mass is 9.81. The van der Waals surface area contributed by atoms with Crippen LogP contribution in [0.1, 0.15) is 46.3 Å². The van der Waals surface area contributed by atoms with Crippen molar-refractivity contribution in [2.75, 3.05) is 19.8 Å². The normalized spacial score (nSPS) is 16.5. The van der Waals surface area contributed by atoms with Crippen molar-refractivity contribution in [3.05, 3.63) is 176 Å². The SMILES string of the molecule is [N-]=[N+]=Nc1ccccc1C[C@]1(C(=O)NNCC(c2ccccc2)c2ccccc2)N=C(c2ccc(OCCCO)cc2)O[C@H]1c1ccccc1Br. The van der Waals surface area contributed by atoms with E-state index in [0.29, 0.717) is 42.1 Å². The minimum atomic E-state index is -1.54. The standard InChI is InChI=1S/C40H37BrN6O4/c41-35-18-9-8-17-33(35)37-40(26-31-16-7-10-19-36(31)45-47-42,44-38(51-37)30-20-22-32(23-21-30)50-25-11-24-48)39(49)46-43-27-34(28-12-3-1-4-13-28)29-14-5-2-6-15-29/h1-10,12-23,34,37,43,48H,11,24-27H2,(H,46,49)/t37-,40-/m0/s1. The van der Waals surface area contributed by atoms with Crippen LogP contribution < -0.4 is 15.6 Å². The van der Waals surface area contributed by atoms with Crippen molar-refractivity contribution in [2.45, 2.75) is 30.4 Å². The molecule has 0 aromatic heterocycles. The third kappa shape index (κ3) is 8.30. The molecule has 1 aliphatic rings. The van der Waals surface area contributed by atoms with Crippen LogP contribution in [0.4, 0.5) is 5.69 Å². The second-order valence-corrected chi connectivity index (χ2v) is 12.9. The van der Waals surface area contributed by atoms with Gasteiger partial charge in [-0.2, -0.15) is 0 Å². The smallest absolute Gasteiger partial charge is 0.266 e. The molecule has 0 radical (unpaired) electrons. The van der Waals surface area contributed by atoms with Gasteiger partial charge in [0.05, 0.1) is 6.61 Å². The number of amides is 1. The Kier molecular flexibility index (Phi) is 11.8. The average Bonchev–Trinajstić information content (AvgIpc) is 3.55. The zero-order chi connectivity index (χ0) is 35.5. The summed E-state index contributed by atoms with van der Waals surface area (Å²) in [6, 6.07) is 42.3. The van der Waals surface area contributed by atoms with Crippen molar-refractivity contribution in [1.29, 1.82) is 0 Å². The fraction of sp³-hybridized carbons (Fsp3) is 0.200. The summed E-state index contributed by atoms with van der Waals surface area (Å²) in [6.07, 6.45) is -0.288. The maximum atomic E-state index is 14.8. The maximum absolute atomic E-state index is 14.8. The molecule has 0 unspecified atom stereocenters. The van der Waals surface area contributed by atoms with E-state index in [4.69, 9.17) is 19.6 Å². The molecule has 0 fully saturated rings. The number of carbonyl (C=O) groups is 1. The van der Waals surface area contributed by atoms with E-state index in [-0.39, 0.29) is 24.8 Å². The maximum Gasteiger partial charge on any atom is 0.266 e. The summed E-state index contributed by atoms with van der Waals surface area (Å²) in [5.74, 6) is 0.444. The molecule has 5 aromatic carbocycles. The van der Waals surface area contributed by atoms with Crippen LogP contribution in [0, 0.1) is 0 Å². The number of nitrogens with one attached hydrogen (secondary N) is 2. The van der Waals surface area contributed by atoms with Crippen molar-refractivity contribution < 1.29 is 19.4 Å². The molecule has 11 heteroatoms. The number of aliphatic imine (C=N–C) groups is 1. The molecular formula is C40H37BrN6O4. The Morgan fingerprint density at radius 3 is 2.24 bits per heavy atom. The van der Waals surface area contributed by atoms with Crippen molar-refractivity contribution in [2.24, 2.45) is 10.1 Å². The quantitative estimate of drug-likeness (QED) is 0.0327. The van der Waals surface area contributed by atoms with Gasteiger partial charge in [-0.15, -0.1) is 0 Å². The zero-order valence-corrected chi connectivity index (χ0v) is 29.3. The van der Waals surface area contributed by atoms with Crippen LogP contribution in [-0.4, -0.2) is 42.2 Å². The van der Waals surface area contributed by atoms with E-state index in [2.05, 4.69) is 61.1 Å². The van der Waals surface area contributed by atoms with Gasteiger partial charge in [-0.05, 0) is 52.6 Å². The van der Waals surface area contributed by atoms with Crippen LogP contribution in [0.15, 0.2) is 148 Å². The fourth-order valence-corrected chi connectivity index (χ4v) is 6.68. The predicted molar refractivity (Wildman–Crippen MR) is 201 cm³/mol. The lowest BCUT2D eigenvalue weighted by Gasteiger charge is -2.32. The molecule has 5 aromatic rings. The van der Waals surface area contributed by atoms with Gasteiger partial charge < -0.3 is 14.6 Å². The molecule has 2 atom stereocenters. The first-order valence-corrected chi connectivity index (χ1v) is 17.4. The molecule has 0 aliphatic carbocycles. The molecule has 0 spiro atoms. The van der Waals surface area contributed by atoms with Crippen LogP contribution >= 0.6 is 15.9 Å². The first kappa shape index (κ1) is 35.4. The van der Waals surface area contributed by atoms with Gasteiger partial charge in [0.15, 0.2) is 11.6 Å². The van der Waals surface area contributed by atoms with E-state index >= 15 is 0 Å². The zero-order valence-electron chi connectivity index (χ0n) is 27.7. The molecule has 51 heavy (non-hydrogen) atoms. The van der Waals surface area contributed by atoms with Gasteiger partial charge in [0.25, 0.3) is 5.91 Å². The second-order valence-electron chi connectivity index (χ2n) is 12.0. The van der Waals surface area contributed by atoms with E-state index in [1.165, 1.54) is 0 Å². The van der Waals surface area contributed by atoms with E-state index < -0.39 is 17.6 Å². The predicted octanol–water partition coefficient (Wildman–Crippen LogP) is 8.10. The van der Waals surface area contributed by atoms with Gasteiger partial charge >= 0.3 is 0 Å². The Bertz CT molecular complexity index is 1970. The highest BCUT2D eigenvalue weighted by molar-refractivity contribution is 9.10. The monoisotopic (exact) mass is 744 g/mol. The summed E-state index contributed by atoms with van der Waals surface area (Å²) in [7, 11) is 0. The molecular weight excluding hydrogens is 708 g/mol. The Morgan fingerprint density at radius 1 is 0.922 bits per heavy atom. The third-order valence-electron chi connectivity index (χ3n) is 8.73. The number of nitrogens with zero attached hydrogens (tertiary/aromatic N) is 4. The van der Waals surface area contributed by atoms with Crippen molar-refractivity contribution >= 4 is 33.4 Å². The fourth-order valence-electron chi connectivity index (χ4n) is 6.18. The topological polar surface area (TPSA) is 141 Å². The van der Waals surface area contributed by atoms with Crippen LogP contribution in [0.3, 0.4) is 0 Å². The summed E-state index contributed by atoms with van der Waals surface area (Å²) >= 11 is 3.69. The van der Waals surface area contributed by atoms with E-state index in [9.17, 15) is 10.3 Å². The summed E-state index contributed by atoms with van der Waals surface area (Å²) in [6.45, 7) is 0.827. The highest BCUT2D eigenvalue weighted by Crippen LogP contribution is 2.45. The number of aliphatic hydroxyl groups is 1. The van der Waals surface area contributed by atoms with Crippen LogP contribution in [0.5, 0.6) is 5.75 Å². The third-order valence-corrected chi connectivity index (χ3v) is 9.46. The number of aliphatic hydroxyl groups excluding tert-OH is 1. The Labute approximate surface area is 304 Å². The minimum absolute atomic E-state index is 0.0418. The minimum Gasteiger partial charge on any atom is -0.494 e. The van der Waals surface area contributed by atoms with Crippen molar-refractivity contribution in [1.82, 2.24) is 10.9 Å². The number of azide groups is 1. The number of rotatable bonds is 15. The van der Waals surface area contributed by atoms with Gasteiger partial charge in [0.1, 0.15) is 5.75 Å². The van der Waals surface area contributed by atoms with Crippen LogP contribution in [0.25, 0.3) is 10.4 Å². The van der Waals surface area contributed by atoms with E-state index in [0.717, 1.165) is 21.2 Å². The molecule has 258 valence electrons. The number of hydrazine groups is 1. The lowest BCUT2D eigenvalue weighted by molar-refractivity contribution is -0.130. The summed E-state index contributed by atoms with van der Waals surface area (Å²) < 4.78 is 13.2. The summed E-state index contributed by atoms with van der Waals surface area (Å²) in [4.78, 5) is 23.0. The first-order chi connectivity index (χ1) is 25.0.